The topological polar surface area (TPSA) is 74.3 Å². The van der Waals surface area contributed by atoms with Crippen LogP contribution in [0.25, 0.3) is 0 Å². The van der Waals surface area contributed by atoms with E-state index in [1.54, 1.807) is 16.7 Å². The van der Waals surface area contributed by atoms with Gasteiger partial charge in [0.15, 0.2) is 0 Å². The zero-order valence-electron chi connectivity index (χ0n) is 11.7. The van der Waals surface area contributed by atoms with E-state index in [0.29, 0.717) is 19.0 Å². The summed E-state index contributed by atoms with van der Waals surface area (Å²) in [4.78, 5) is 3.99. The van der Waals surface area contributed by atoms with E-state index in [2.05, 4.69) is 15.8 Å². The Morgan fingerprint density at radius 3 is 2.25 bits per heavy atom. The molecule has 7 heteroatoms. The van der Waals surface area contributed by atoms with Crippen molar-refractivity contribution < 1.29 is 8.42 Å². The van der Waals surface area contributed by atoms with Crippen LogP contribution in [0.4, 0.5) is 0 Å². The molecule has 3 rings (SSSR count). The number of hydrazine groups is 1. The summed E-state index contributed by atoms with van der Waals surface area (Å²) in [6, 6.07) is 3.77. The lowest BCUT2D eigenvalue weighted by atomic mass is 9.95. The molecule has 0 radical (unpaired) electrons. The summed E-state index contributed by atoms with van der Waals surface area (Å²) < 4.78 is 26.9. The molecule has 2 N–H and O–H groups in total. The molecule has 0 aliphatic carbocycles. The van der Waals surface area contributed by atoms with Crippen LogP contribution in [0.1, 0.15) is 25.3 Å². The van der Waals surface area contributed by atoms with Crippen LogP contribution in [0.2, 0.25) is 0 Å². The van der Waals surface area contributed by atoms with Gasteiger partial charge in [0.1, 0.15) is 5.25 Å². The molecule has 0 amide bonds. The fourth-order valence-electron chi connectivity index (χ4n) is 3.04. The number of nitrogens with one attached hydrogen (secondary N) is 2. The molecule has 2 fully saturated rings. The number of hydrogen-bond acceptors (Lipinski definition) is 5. The largest absolute Gasteiger partial charge is 0.265 e. The molecule has 3 heterocycles. The predicted molar refractivity (Wildman–Crippen MR) is 76.5 cm³/mol. The van der Waals surface area contributed by atoms with Crippen molar-refractivity contribution in [1.29, 1.82) is 0 Å². The van der Waals surface area contributed by atoms with Crippen LogP contribution in [-0.2, 0) is 10.0 Å². The lowest BCUT2D eigenvalue weighted by molar-refractivity contribution is 0.259. The summed E-state index contributed by atoms with van der Waals surface area (Å²) >= 11 is 0. The van der Waals surface area contributed by atoms with E-state index in [-0.39, 0.29) is 12.1 Å². The molecule has 0 bridgehead atoms. The molecule has 0 spiro atoms. The van der Waals surface area contributed by atoms with Crippen LogP contribution in [0, 0.1) is 0 Å². The Labute approximate surface area is 119 Å². The molecular formula is C13H20N4O2S. The maximum Gasteiger partial charge on any atom is 0.220 e. The summed E-state index contributed by atoms with van der Waals surface area (Å²) in [5, 5.41) is -0.402. The van der Waals surface area contributed by atoms with Crippen molar-refractivity contribution in [2.75, 3.05) is 13.1 Å². The molecule has 1 aromatic rings. The molecule has 1 aromatic heterocycles. The van der Waals surface area contributed by atoms with Gasteiger partial charge in [0, 0.05) is 43.5 Å². The van der Waals surface area contributed by atoms with Gasteiger partial charge in [-0.3, -0.25) is 15.8 Å². The second-order valence-corrected chi connectivity index (χ2v) is 7.76. The first-order valence-electron chi connectivity index (χ1n) is 6.90. The third-order valence-corrected chi connectivity index (χ3v) is 6.78. The summed E-state index contributed by atoms with van der Waals surface area (Å²) in [7, 11) is -3.25. The molecule has 2 saturated heterocycles. The van der Waals surface area contributed by atoms with E-state index in [4.69, 9.17) is 0 Å². The second-order valence-electron chi connectivity index (χ2n) is 5.67. The minimum absolute atomic E-state index is 0.0741. The van der Waals surface area contributed by atoms with E-state index in [0.717, 1.165) is 5.56 Å². The molecular weight excluding hydrogens is 276 g/mol. The summed E-state index contributed by atoms with van der Waals surface area (Å²) in [5.74, 6) is 0.292. The van der Waals surface area contributed by atoms with Crippen LogP contribution in [0.5, 0.6) is 0 Å². The third kappa shape index (κ3) is 2.24. The Balaban J connectivity index is 1.70. The Morgan fingerprint density at radius 2 is 1.70 bits per heavy atom. The summed E-state index contributed by atoms with van der Waals surface area (Å²) in [6.45, 7) is 4.95. The molecule has 6 nitrogen and oxygen atoms in total. The lowest BCUT2D eigenvalue weighted by Crippen LogP contribution is -2.55. The van der Waals surface area contributed by atoms with Crippen LogP contribution < -0.4 is 10.9 Å². The fraction of sp³-hybridized carbons (Fsp3) is 0.615. The Bertz CT molecular complexity index is 561. The van der Waals surface area contributed by atoms with Gasteiger partial charge in [-0.25, -0.2) is 12.7 Å². The van der Waals surface area contributed by atoms with Crippen molar-refractivity contribution in [2.24, 2.45) is 0 Å². The minimum Gasteiger partial charge on any atom is -0.265 e. The van der Waals surface area contributed by atoms with Gasteiger partial charge in [-0.05, 0) is 31.5 Å². The van der Waals surface area contributed by atoms with Gasteiger partial charge in [0.2, 0.25) is 10.0 Å². The number of aromatic nitrogens is 1. The first-order valence-corrected chi connectivity index (χ1v) is 8.40. The molecule has 0 aromatic carbocycles. The quantitative estimate of drug-likeness (QED) is 0.825. The van der Waals surface area contributed by atoms with Crippen molar-refractivity contribution in [3.05, 3.63) is 30.1 Å². The lowest BCUT2D eigenvalue weighted by Gasteiger charge is -2.40. The highest BCUT2D eigenvalue weighted by molar-refractivity contribution is 7.89. The third-order valence-electron chi connectivity index (χ3n) is 4.25. The van der Waals surface area contributed by atoms with Gasteiger partial charge in [-0.1, -0.05) is 0 Å². The van der Waals surface area contributed by atoms with Crippen LogP contribution in [-0.4, -0.2) is 48.1 Å². The highest BCUT2D eigenvalue weighted by Gasteiger charge is 2.47. The van der Waals surface area contributed by atoms with Crippen LogP contribution in [0.15, 0.2) is 24.5 Å². The molecule has 20 heavy (non-hydrogen) atoms. The first-order chi connectivity index (χ1) is 9.50. The van der Waals surface area contributed by atoms with E-state index >= 15 is 0 Å². The minimum atomic E-state index is -3.25. The highest BCUT2D eigenvalue weighted by atomic mass is 32.2. The van der Waals surface area contributed by atoms with Crippen molar-refractivity contribution in [3.8, 4) is 0 Å². The molecule has 0 saturated carbocycles. The average Bonchev–Trinajstić information content (AvgIpc) is 2.68. The van der Waals surface area contributed by atoms with Crippen LogP contribution in [0.3, 0.4) is 0 Å². The number of sulfonamides is 1. The van der Waals surface area contributed by atoms with Gasteiger partial charge in [0.25, 0.3) is 0 Å². The smallest absolute Gasteiger partial charge is 0.220 e. The van der Waals surface area contributed by atoms with Crippen LogP contribution >= 0.6 is 0 Å². The zero-order chi connectivity index (χ0) is 14.3. The number of pyridine rings is 1. The molecule has 2 aliphatic rings. The Morgan fingerprint density at radius 1 is 1.15 bits per heavy atom. The standard InChI is InChI=1S/C13H20N4O2S/c1-9-13(10(2)16-15-9)20(18,19)17-7-12(8-17)11-3-5-14-6-4-11/h3-6,9-10,12-13,15-16H,7-8H2,1-2H3. The highest BCUT2D eigenvalue weighted by Crippen LogP contribution is 2.32. The first kappa shape index (κ1) is 13.9. The summed E-state index contributed by atoms with van der Waals surface area (Å²) in [5.41, 5.74) is 7.18. The molecule has 2 atom stereocenters. The SMILES string of the molecule is CC1NNC(C)C1S(=O)(=O)N1CC(c2ccncc2)C1. The second kappa shape index (κ2) is 5.07. The fourth-order valence-corrected chi connectivity index (χ4v) is 5.33. The molecule has 2 unspecified atom stereocenters. The van der Waals surface area contributed by atoms with Crippen molar-refractivity contribution >= 4 is 10.0 Å². The number of hydrogen-bond donors (Lipinski definition) is 2. The van der Waals surface area contributed by atoms with Crippen molar-refractivity contribution in [3.63, 3.8) is 0 Å². The van der Waals surface area contributed by atoms with Crippen molar-refractivity contribution in [2.45, 2.75) is 37.1 Å². The predicted octanol–water partition coefficient (Wildman–Crippen LogP) is 0.0640. The number of rotatable bonds is 3. The molecule has 110 valence electrons. The average molecular weight is 296 g/mol. The van der Waals surface area contributed by atoms with Gasteiger partial charge < -0.3 is 0 Å². The van der Waals surface area contributed by atoms with Crippen molar-refractivity contribution in [1.82, 2.24) is 20.1 Å². The van der Waals surface area contributed by atoms with Gasteiger partial charge in [-0.2, -0.15) is 0 Å². The van der Waals surface area contributed by atoms with E-state index in [1.807, 2.05) is 26.0 Å². The normalized spacial score (nSPS) is 32.2. The summed E-state index contributed by atoms with van der Waals surface area (Å²) in [6.07, 6.45) is 3.50. The van der Waals surface area contributed by atoms with E-state index in [1.165, 1.54) is 0 Å². The zero-order valence-corrected chi connectivity index (χ0v) is 12.5. The van der Waals surface area contributed by atoms with E-state index in [9.17, 15) is 8.42 Å². The Hall–Kier alpha value is -1.02. The van der Waals surface area contributed by atoms with Gasteiger partial charge >= 0.3 is 0 Å². The monoisotopic (exact) mass is 296 g/mol. The number of nitrogens with zero attached hydrogens (tertiary/aromatic N) is 2. The van der Waals surface area contributed by atoms with Gasteiger partial charge in [-0.15, -0.1) is 0 Å². The van der Waals surface area contributed by atoms with E-state index < -0.39 is 15.3 Å². The maximum atomic E-state index is 12.6. The Kier molecular flexibility index (Phi) is 3.53. The van der Waals surface area contributed by atoms with Gasteiger partial charge in [0.05, 0.1) is 0 Å². The maximum absolute atomic E-state index is 12.6. The molecule has 2 aliphatic heterocycles.